The molecule has 1 aromatic rings. The lowest BCUT2D eigenvalue weighted by atomic mass is 10.0. The molecule has 0 amide bonds. The lowest BCUT2D eigenvalue weighted by Crippen LogP contribution is -2.24. The number of fused-ring (bicyclic) bond motifs is 2. The van der Waals surface area contributed by atoms with Gasteiger partial charge in [-0.05, 0) is 49.9 Å². The normalized spacial score (nSPS) is 11.6. The van der Waals surface area contributed by atoms with Gasteiger partial charge in [-0.2, -0.15) is 0 Å². The number of rotatable bonds is 21. The second kappa shape index (κ2) is 18.4. The van der Waals surface area contributed by atoms with Crippen LogP contribution in [0.25, 0.3) is 20.8 Å². The van der Waals surface area contributed by atoms with Crippen LogP contribution in [-0.2, 0) is 6.42 Å². The van der Waals surface area contributed by atoms with Crippen molar-refractivity contribution in [3.8, 4) is 10.6 Å². The first-order valence-electron chi connectivity index (χ1n) is 16.3. The highest BCUT2D eigenvalue weighted by Crippen LogP contribution is 2.33. The molecule has 0 saturated carbocycles. The summed E-state index contributed by atoms with van der Waals surface area (Å²) in [5.41, 5.74) is 4.37. The molecule has 0 bridgehead atoms. The number of aryl methyl sites for hydroxylation is 1. The van der Waals surface area contributed by atoms with Crippen LogP contribution in [0.5, 0.6) is 0 Å². The molecule has 0 saturated heterocycles. The highest BCUT2D eigenvalue weighted by atomic mass is 32.1. The maximum Gasteiger partial charge on any atom is 0.183 e. The molecule has 3 nitrogen and oxygen atoms in total. The lowest BCUT2D eigenvalue weighted by Gasteiger charge is -2.24. The molecule has 0 fully saturated rings. The molecule has 0 atom stereocenters. The summed E-state index contributed by atoms with van der Waals surface area (Å²) in [4.78, 5) is 21.3. The molecule has 3 rings (SSSR count). The van der Waals surface area contributed by atoms with Crippen LogP contribution in [-0.4, -0.2) is 18.1 Å². The summed E-state index contributed by atoms with van der Waals surface area (Å²) in [6, 6.07) is 10.5. The van der Waals surface area contributed by atoms with Crippen molar-refractivity contribution in [3.05, 3.63) is 46.1 Å². The minimum atomic E-state index is 0.181. The number of anilines is 1. The largest absolute Gasteiger partial charge is 0.372 e. The number of benzene rings is 2. The molecular weight excluding hydrogens is 496 g/mol. The third-order valence-corrected chi connectivity index (χ3v) is 9.04. The highest BCUT2D eigenvalue weighted by Gasteiger charge is 2.13. The summed E-state index contributed by atoms with van der Waals surface area (Å²) in [7, 11) is 0. The Bertz CT molecular complexity index is 1100. The van der Waals surface area contributed by atoms with Gasteiger partial charge in [-0.1, -0.05) is 111 Å². The van der Waals surface area contributed by atoms with Gasteiger partial charge >= 0.3 is 0 Å². The summed E-state index contributed by atoms with van der Waals surface area (Å²) in [6.45, 7) is 8.88. The number of hydrogen-bond acceptors (Lipinski definition) is 4. The molecule has 1 aliphatic carbocycles. The van der Waals surface area contributed by atoms with Crippen molar-refractivity contribution in [1.29, 1.82) is 0 Å². The molecule has 2 aliphatic rings. The maximum absolute atomic E-state index is 12.9. The topological polar surface area (TPSA) is 33.2 Å². The Kier molecular flexibility index (Phi) is 14.9. The monoisotopic (exact) mass is 550 g/mol. The SMILES string of the molecule is CCCCCCCCCCCCCCCCCc1cc2nc3ccc(N(CCC)CCC)cc3sc-2cc1=O. The van der Waals surface area contributed by atoms with Crippen molar-refractivity contribution >= 4 is 27.2 Å². The Labute approximate surface area is 242 Å². The van der Waals surface area contributed by atoms with Gasteiger partial charge in [-0.15, -0.1) is 11.3 Å². The first kappa shape index (κ1) is 31.6. The van der Waals surface area contributed by atoms with Crippen LogP contribution in [0.2, 0.25) is 0 Å². The van der Waals surface area contributed by atoms with Crippen LogP contribution in [0.15, 0.2) is 35.1 Å². The predicted octanol–water partition coefficient (Wildman–Crippen LogP) is 10.8. The van der Waals surface area contributed by atoms with E-state index in [9.17, 15) is 4.79 Å². The Morgan fingerprint density at radius 3 is 1.79 bits per heavy atom. The summed E-state index contributed by atoms with van der Waals surface area (Å²) in [6.07, 6.45) is 23.6. The molecule has 1 heterocycles. The number of hydrogen-bond donors (Lipinski definition) is 0. The second-order valence-corrected chi connectivity index (χ2v) is 12.6. The fourth-order valence-corrected chi connectivity index (χ4v) is 6.69. The van der Waals surface area contributed by atoms with Gasteiger partial charge in [0, 0.05) is 30.4 Å². The zero-order valence-corrected chi connectivity index (χ0v) is 26.1. The van der Waals surface area contributed by atoms with Crippen LogP contribution >= 0.6 is 11.3 Å². The van der Waals surface area contributed by atoms with Gasteiger partial charge in [0.15, 0.2) is 5.43 Å². The van der Waals surface area contributed by atoms with Crippen LogP contribution in [0, 0.1) is 0 Å². The minimum Gasteiger partial charge on any atom is -0.372 e. The Balaban J connectivity index is 1.39. The fourth-order valence-electron chi connectivity index (χ4n) is 5.68. The Hall–Kier alpha value is -1.94. The van der Waals surface area contributed by atoms with Gasteiger partial charge in [0.1, 0.15) is 0 Å². The first-order valence-corrected chi connectivity index (χ1v) is 17.1. The molecule has 4 heteroatoms. The van der Waals surface area contributed by atoms with Gasteiger partial charge < -0.3 is 4.90 Å². The van der Waals surface area contributed by atoms with Gasteiger partial charge in [-0.25, -0.2) is 4.98 Å². The van der Waals surface area contributed by atoms with Crippen LogP contribution in [0.3, 0.4) is 0 Å². The van der Waals surface area contributed by atoms with Gasteiger partial charge in [0.2, 0.25) is 0 Å². The van der Waals surface area contributed by atoms with Gasteiger partial charge in [-0.3, -0.25) is 4.79 Å². The van der Waals surface area contributed by atoms with E-state index in [-0.39, 0.29) is 5.43 Å². The van der Waals surface area contributed by atoms with E-state index in [0.717, 1.165) is 65.1 Å². The highest BCUT2D eigenvalue weighted by molar-refractivity contribution is 7.21. The quantitative estimate of drug-likeness (QED) is 0.0976. The number of unbranched alkanes of at least 4 members (excludes halogenated alkanes) is 14. The summed E-state index contributed by atoms with van der Waals surface area (Å²) in [5.74, 6) is 0. The summed E-state index contributed by atoms with van der Waals surface area (Å²) >= 11 is 1.70. The molecule has 0 N–H and O–H groups in total. The summed E-state index contributed by atoms with van der Waals surface area (Å²) in [5, 5.41) is 0. The second-order valence-electron chi connectivity index (χ2n) is 11.5. The molecule has 216 valence electrons. The third-order valence-electron chi connectivity index (χ3n) is 7.95. The van der Waals surface area contributed by atoms with Crippen molar-refractivity contribution in [1.82, 2.24) is 4.98 Å². The van der Waals surface area contributed by atoms with Crippen molar-refractivity contribution in [2.24, 2.45) is 0 Å². The zero-order chi connectivity index (χ0) is 27.7. The van der Waals surface area contributed by atoms with Crippen molar-refractivity contribution in [2.45, 2.75) is 136 Å². The summed E-state index contributed by atoms with van der Waals surface area (Å²) < 4.78 is 1.16. The third kappa shape index (κ3) is 10.9. The molecule has 0 spiro atoms. The molecule has 0 unspecified atom stereocenters. The first-order chi connectivity index (χ1) is 19.2. The number of nitrogens with zero attached hydrogens (tertiary/aromatic N) is 2. The smallest absolute Gasteiger partial charge is 0.183 e. The van der Waals surface area contributed by atoms with Crippen LogP contribution in [0.1, 0.15) is 135 Å². The minimum absolute atomic E-state index is 0.181. The van der Waals surface area contributed by atoms with E-state index in [1.54, 1.807) is 11.3 Å². The molecule has 0 aromatic heterocycles. The van der Waals surface area contributed by atoms with E-state index in [2.05, 4.69) is 49.9 Å². The molecule has 0 radical (unpaired) electrons. The maximum atomic E-state index is 12.9. The van der Waals surface area contributed by atoms with E-state index in [1.807, 2.05) is 6.07 Å². The zero-order valence-electron chi connectivity index (χ0n) is 25.2. The van der Waals surface area contributed by atoms with Crippen molar-refractivity contribution < 1.29 is 0 Å². The molecule has 39 heavy (non-hydrogen) atoms. The van der Waals surface area contributed by atoms with Crippen molar-refractivity contribution in [2.75, 3.05) is 18.0 Å². The molecule has 1 aromatic carbocycles. The van der Waals surface area contributed by atoms with E-state index in [0.29, 0.717) is 0 Å². The average Bonchev–Trinajstić information content (AvgIpc) is 2.94. The molecule has 1 aliphatic heterocycles. The fraction of sp³-hybridized carbons (Fsp3) is 0.657. The Morgan fingerprint density at radius 2 is 1.23 bits per heavy atom. The predicted molar refractivity (Wildman–Crippen MR) is 174 cm³/mol. The van der Waals surface area contributed by atoms with E-state index in [4.69, 9.17) is 4.98 Å². The standard InChI is InChI=1S/C35H54N2OS/c1-4-7-8-9-10-11-12-13-14-15-16-17-18-19-20-21-29-26-32-35(28-33(29)38)39-34-27-30(22-23-31(34)36-32)37(24-5-2)25-6-3/h22-23,26-28H,4-21,24-25H2,1-3H3. The van der Waals surface area contributed by atoms with E-state index in [1.165, 1.54) is 95.6 Å². The molecular formula is C35H54N2OS. The van der Waals surface area contributed by atoms with E-state index >= 15 is 0 Å². The Morgan fingerprint density at radius 1 is 0.667 bits per heavy atom. The lowest BCUT2D eigenvalue weighted by molar-refractivity contribution is 0.532. The van der Waals surface area contributed by atoms with Crippen LogP contribution < -0.4 is 10.3 Å². The van der Waals surface area contributed by atoms with Gasteiger partial charge in [0.25, 0.3) is 0 Å². The average molecular weight is 551 g/mol. The van der Waals surface area contributed by atoms with Crippen LogP contribution in [0.4, 0.5) is 5.69 Å². The van der Waals surface area contributed by atoms with E-state index < -0.39 is 0 Å². The van der Waals surface area contributed by atoms with Gasteiger partial charge in [0.05, 0.1) is 20.8 Å². The number of aromatic nitrogens is 1. The van der Waals surface area contributed by atoms with Crippen molar-refractivity contribution in [3.63, 3.8) is 0 Å².